The molecule has 2 aliphatic rings. The first-order valence-electron chi connectivity index (χ1n) is 7.22. The standard InChI is InChI=1S/C14H25N3/c1-2-16-13(11-15)8-10-17-9-4-6-12-5-3-7-14(12)17/h12-14,16H,2-10H2,1H3. The maximum absolute atomic E-state index is 9.04. The van der Waals surface area contributed by atoms with Crippen molar-refractivity contribution < 1.29 is 0 Å². The van der Waals surface area contributed by atoms with Crippen LogP contribution >= 0.6 is 0 Å². The highest BCUT2D eigenvalue weighted by Gasteiger charge is 2.34. The lowest BCUT2D eigenvalue weighted by atomic mass is 9.91. The van der Waals surface area contributed by atoms with Crippen LogP contribution in [0.5, 0.6) is 0 Å². The molecule has 0 aromatic carbocycles. The fraction of sp³-hybridized carbons (Fsp3) is 0.929. The van der Waals surface area contributed by atoms with Gasteiger partial charge in [0.25, 0.3) is 0 Å². The molecule has 0 spiro atoms. The fourth-order valence-corrected chi connectivity index (χ4v) is 3.59. The lowest BCUT2D eigenvalue weighted by Gasteiger charge is -2.38. The van der Waals surface area contributed by atoms with Gasteiger partial charge in [-0.2, -0.15) is 5.26 Å². The van der Waals surface area contributed by atoms with E-state index in [2.05, 4.69) is 23.2 Å². The van der Waals surface area contributed by atoms with Crippen LogP contribution in [0.2, 0.25) is 0 Å². The summed E-state index contributed by atoms with van der Waals surface area (Å²) in [6.07, 6.45) is 8.03. The highest BCUT2D eigenvalue weighted by atomic mass is 15.2. The number of nitriles is 1. The van der Waals surface area contributed by atoms with Gasteiger partial charge in [0.15, 0.2) is 0 Å². The molecule has 1 saturated carbocycles. The number of fused-ring (bicyclic) bond motifs is 1. The van der Waals surface area contributed by atoms with Crippen LogP contribution in [0, 0.1) is 17.2 Å². The Morgan fingerprint density at radius 1 is 1.35 bits per heavy atom. The van der Waals surface area contributed by atoms with E-state index in [0.29, 0.717) is 0 Å². The number of nitrogens with one attached hydrogen (secondary N) is 1. The van der Waals surface area contributed by atoms with Crippen molar-refractivity contribution in [3.05, 3.63) is 0 Å². The molecule has 0 amide bonds. The van der Waals surface area contributed by atoms with Crippen molar-refractivity contribution in [3.8, 4) is 6.07 Å². The molecule has 3 unspecified atom stereocenters. The zero-order valence-electron chi connectivity index (χ0n) is 11.0. The average molecular weight is 235 g/mol. The van der Waals surface area contributed by atoms with Gasteiger partial charge in [0.2, 0.25) is 0 Å². The zero-order valence-corrected chi connectivity index (χ0v) is 11.0. The van der Waals surface area contributed by atoms with Gasteiger partial charge in [0.1, 0.15) is 0 Å². The quantitative estimate of drug-likeness (QED) is 0.793. The molecule has 0 bridgehead atoms. The highest BCUT2D eigenvalue weighted by molar-refractivity contribution is 4.93. The Hall–Kier alpha value is -0.590. The van der Waals surface area contributed by atoms with Crippen molar-refractivity contribution >= 4 is 0 Å². The Bertz CT molecular complexity index is 271. The van der Waals surface area contributed by atoms with Crippen molar-refractivity contribution in [1.82, 2.24) is 10.2 Å². The largest absolute Gasteiger partial charge is 0.302 e. The van der Waals surface area contributed by atoms with Crippen LogP contribution in [0.3, 0.4) is 0 Å². The molecule has 1 aliphatic carbocycles. The second-order valence-electron chi connectivity index (χ2n) is 5.46. The number of nitrogens with zero attached hydrogens (tertiary/aromatic N) is 2. The molecular weight excluding hydrogens is 210 g/mol. The van der Waals surface area contributed by atoms with Crippen LogP contribution in [0.4, 0.5) is 0 Å². The molecule has 1 saturated heterocycles. The summed E-state index contributed by atoms with van der Waals surface area (Å²) in [4.78, 5) is 2.66. The van der Waals surface area contributed by atoms with Gasteiger partial charge in [-0.25, -0.2) is 0 Å². The van der Waals surface area contributed by atoms with Crippen LogP contribution in [-0.2, 0) is 0 Å². The number of piperidine rings is 1. The van der Waals surface area contributed by atoms with Gasteiger partial charge in [-0.1, -0.05) is 13.3 Å². The summed E-state index contributed by atoms with van der Waals surface area (Å²) in [6.45, 7) is 5.32. The first-order valence-corrected chi connectivity index (χ1v) is 7.22. The molecule has 3 nitrogen and oxygen atoms in total. The molecule has 0 radical (unpaired) electrons. The number of hydrogen-bond acceptors (Lipinski definition) is 3. The van der Waals surface area contributed by atoms with Crippen molar-refractivity contribution in [2.75, 3.05) is 19.6 Å². The summed E-state index contributed by atoms with van der Waals surface area (Å²) >= 11 is 0. The SMILES string of the molecule is CCNC(C#N)CCN1CCCC2CCCC21. The molecule has 0 aromatic heterocycles. The molecule has 96 valence electrons. The second-order valence-corrected chi connectivity index (χ2v) is 5.46. The van der Waals surface area contributed by atoms with Crippen LogP contribution in [0.15, 0.2) is 0 Å². The minimum absolute atomic E-state index is 0.0433. The van der Waals surface area contributed by atoms with E-state index >= 15 is 0 Å². The van der Waals surface area contributed by atoms with E-state index in [0.717, 1.165) is 31.5 Å². The Morgan fingerprint density at radius 2 is 2.18 bits per heavy atom. The first kappa shape index (κ1) is 12.9. The zero-order chi connectivity index (χ0) is 12.1. The van der Waals surface area contributed by atoms with E-state index < -0.39 is 0 Å². The van der Waals surface area contributed by atoms with E-state index in [1.54, 1.807) is 0 Å². The molecule has 3 atom stereocenters. The minimum atomic E-state index is 0.0433. The fourth-order valence-electron chi connectivity index (χ4n) is 3.59. The third kappa shape index (κ3) is 3.20. The molecule has 1 N–H and O–H groups in total. The highest BCUT2D eigenvalue weighted by Crippen LogP contribution is 2.36. The summed E-state index contributed by atoms with van der Waals surface area (Å²) in [5, 5.41) is 12.3. The van der Waals surface area contributed by atoms with Crippen molar-refractivity contribution in [3.63, 3.8) is 0 Å². The van der Waals surface area contributed by atoms with Crippen molar-refractivity contribution in [2.45, 2.75) is 57.5 Å². The number of likely N-dealkylation sites (tertiary alicyclic amines) is 1. The van der Waals surface area contributed by atoms with Gasteiger partial charge in [-0.15, -0.1) is 0 Å². The van der Waals surface area contributed by atoms with Gasteiger partial charge in [-0.05, 0) is 51.1 Å². The van der Waals surface area contributed by atoms with Gasteiger partial charge >= 0.3 is 0 Å². The van der Waals surface area contributed by atoms with E-state index in [1.807, 2.05) is 0 Å². The average Bonchev–Trinajstić information content (AvgIpc) is 2.83. The third-order valence-corrected chi connectivity index (χ3v) is 4.42. The molecule has 0 aromatic rings. The molecule has 17 heavy (non-hydrogen) atoms. The summed E-state index contributed by atoms with van der Waals surface area (Å²) < 4.78 is 0. The normalized spacial score (nSPS) is 30.8. The summed E-state index contributed by atoms with van der Waals surface area (Å²) in [5.74, 6) is 0.962. The van der Waals surface area contributed by atoms with E-state index in [1.165, 1.54) is 38.6 Å². The first-order chi connectivity index (χ1) is 8.35. The molecule has 2 rings (SSSR count). The topological polar surface area (TPSA) is 39.1 Å². The molecule has 1 aliphatic heterocycles. The van der Waals surface area contributed by atoms with Crippen LogP contribution < -0.4 is 5.32 Å². The molecular formula is C14H25N3. The lowest BCUT2D eigenvalue weighted by molar-refractivity contribution is 0.110. The lowest BCUT2D eigenvalue weighted by Crippen LogP contribution is -2.44. The number of hydrogen-bond donors (Lipinski definition) is 1. The van der Waals surface area contributed by atoms with Crippen LogP contribution in [0.1, 0.15) is 45.4 Å². The Labute approximate surface area is 105 Å². The van der Waals surface area contributed by atoms with Gasteiger partial charge in [0.05, 0.1) is 12.1 Å². The van der Waals surface area contributed by atoms with E-state index in [4.69, 9.17) is 5.26 Å². The molecule has 3 heteroatoms. The Balaban J connectivity index is 1.79. The van der Waals surface area contributed by atoms with E-state index in [9.17, 15) is 0 Å². The molecule has 1 heterocycles. The minimum Gasteiger partial charge on any atom is -0.302 e. The van der Waals surface area contributed by atoms with Crippen molar-refractivity contribution in [1.29, 1.82) is 5.26 Å². The number of rotatable bonds is 5. The maximum Gasteiger partial charge on any atom is 0.0965 e. The summed E-state index contributed by atoms with van der Waals surface area (Å²) in [7, 11) is 0. The van der Waals surface area contributed by atoms with Crippen LogP contribution in [-0.4, -0.2) is 36.6 Å². The third-order valence-electron chi connectivity index (χ3n) is 4.42. The summed E-state index contributed by atoms with van der Waals surface area (Å²) in [5.41, 5.74) is 0. The molecule has 2 fully saturated rings. The van der Waals surface area contributed by atoms with Crippen LogP contribution in [0.25, 0.3) is 0 Å². The summed E-state index contributed by atoms with van der Waals surface area (Å²) in [6, 6.07) is 3.25. The predicted molar refractivity (Wildman–Crippen MR) is 69.6 cm³/mol. The van der Waals surface area contributed by atoms with Gasteiger partial charge in [0, 0.05) is 12.6 Å². The smallest absolute Gasteiger partial charge is 0.0965 e. The van der Waals surface area contributed by atoms with Crippen molar-refractivity contribution in [2.24, 2.45) is 5.92 Å². The Kier molecular flexibility index (Phi) is 4.82. The maximum atomic E-state index is 9.04. The Morgan fingerprint density at radius 3 is 2.94 bits per heavy atom. The van der Waals surface area contributed by atoms with Gasteiger partial charge < -0.3 is 10.2 Å². The monoisotopic (exact) mass is 235 g/mol. The van der Waals surface area contributed by atoms with Gasteiger partial charge in [-0.3, -0.25) is 0 Å². The predicted octanol–water partition coefficient (Wildman–Crippen LogP) is 2.14. The van der Waals surface area contributed by atoms with E-state index in [-0.39, 0.29) is 6.04 Å². The second kappa shape index (κ2) is 6.37.